The Morgan fingerprint density at radius 2 is 2.18 bits per heavy atom. The van der Waals surface area contributed by atoms with Crippen molar-refractivity contribution in [2.75, 3.05) is 6.54 Å². The third-order valence-electron chi connectivity index (χ3n) is 5.07. The first kappa shape index (κ1) is 15.6. The van der Waals surface area contributed by atoms with Crippen LogP contribution in [0.25, 0.3) is 10.9 Å². The van der Waals surface area contributed by atoms with Crippen LogP contribution in [0, 0.1) is 6.92 Å². The summed E-state index contributed by atoms with van der Waals surface area (Å²) in [6.07, 6.45) is 5.06. The number of likely N-dealkylation sites (tertiary alicyclic amines) is 1. The number of aromatic amines is 1. The summed E-state index contributed by atoms with van der Waals surface area (Å²) in [7, 11) is 0. The molecule has 0 amide bonds. The number of hydrogen-bond acceptors (Lipinski definition) is 1. The molecule has 0 bridgehead atoms. The summed E-state index contributed by atoms with van der Waals surface area (Å²) in [4.78, 5) is 17.8. The average molecular weight is 320 g/mol. The summed E-state index contributed by atoms with van der Waals surface area (Å²) >= 11 is 6.22. The highest BCUT2D eigenvalue weighted by molar-refractivity contribution is 6.35. The second-order valence-corrected chi connectivity index (χ2v) is 6.81. The number of nitrogens with one attached hydrogen (secondary N) is 2. The van der Waals surface area contributed by atoms with E-state index in [1.54, 1.807) is 4.90 Å². The molecule has 1 aromatic carbocycles. The van der Waals surface area contributed by atoms with Crippen molar-refractivity contribution >= 4 is 22.5 Å². The van der Waals surface area contributed by atoms with Crippen molar-refractivity contribution in [1.82, 2.24) is 4.98 Å². The maximum Gasteiger partial charge on any atom is 0.198 e. The Labute approximate surface area is 136 Å². The standard InChI is InChI=1S/C18H23ClN2O/c1-3-13-7-4-5-10-21(13)11-15-12(2)20-17-14(18(15)22)8-6-9-16(17)19/h6,8-9,13H,3-5,7,10-11H2,1-2H3,(H,20,22)/p+1. The van der Waals surface area contributed by atoms with Crippen molar-refractivity contribution < 1.29 is 4.90 Å². The van der Waals surface area contributed by atoms with Gasteiger partial charge in [-0.2, -0.15) is 0 Å². The molecule has 0 aliphatic carbocycles. The summed E-state index contributed by atoms with van der Waals surface area (Å²) in [5.74, 6) is 0. The van der Waals surface area contributed by atoms with Gasteiger partial charge in [-0.25, -0.2) is 0 Å². The van der Waals surface area contributed by atoms with Crippen LogP contribution in [0.15, 0.2) is 23.0 Å². The average Bonchev–Trinajstić information content (AvgIpc) is 2.53. The normalized spacial score (nSPS) is 22.1. The summed E-state index contributed by atoms with van der Waals surface area (Å²) < 4.78 is 0. The van der Waals surface area contributed by atoms with Crippen LogP contribution in [0.5, 0.6) is 0 Å². The van der Waals surface area contributed by atoms with Gasteiger partial charge in [-0.15, -0.1) is 0 Å². The van der Waals surface area contributed by atoms with Crippen molar-refractivity contribution in [3.05, 3.63) is 44.7 Å². The number of halogens is 1. The Morgan fingerprint density at radius 1 is 1.36 bits per heavy atom. The van der Waals surface area contributed by atoms with Crippen molar-refractivity contribution in [1.29, 1.82) is 0 Å². The van der Waals surface area contributed by atoms with E-state index in [2.05, 4.69) is 11.9 Å². The van der Waals surface area contributed by atoms with E-state index in [0.717, 1.165) is 23.3 Å². The number of rotatable bonds is 3. The van der Waals surface area contributed by atoms with Crippen LogP contribution in [0.2, 0.25) is 5.02 Å². The molecule has 2 heterocycles. The van der Waals surface area contributed by atoms with Gasteiger partial charge in [0, 0.05) is 11.1 Å². The van der Waals surface area contributed by atoms with Crippen molar-refractivity contribution in [3.8, 4) is 0 Å². The van der Waals surface area contributed by atoms with Gasteiger partial charge in [0.2, 0.25) is 0 Å². The quantitative estimate of drug-likeness (QED) is 0.897. The molecule has 3 nitrogen and oxygen atoms in total. The molecule has 1 saturated heterocycles. The molecular formula is C18H24ClN2O+. The minimum absolute atomic E-state index is 0.140. The third-order valence-corrected chi connectivity index (χ3v) is 5.39. The summed E-state index contributed by atoms with van der Waals surface area (Å²) in [6.45, 7) is 6.24. The van der Waals surface area contributed by atoms with Crippen LogP contribution >= 0.6 is 11.6 Å². The zero-order valence-corrected chi connectivity index (χ0v) is 14.1. The molecule has 118 valence electrons. The van der Waals surface area contributed by atoms with E-state index in [1.165, 1.54) is 32.2 Å². The lowest BCUT2D eigenvalue weighted by molar-refractivity contribution is -0.944. The highest BCUT2D eigenvalue weighted by atomic mass is 35.5. The number of fused-ring (bicyclic) bond motifs is 1. The third kappa shape index (κ3) is 2.80. The van der Waals surface area contributed by atoms with E-state index >= 15 is 0 Å². The monoisotopic (exact) mass is 319 g/mol. The molecule has 1 aliphatic heterocycles. The summed E-state index contributed by atoms with van der Waals surface area (Å²) in [5, 5.41) is 1.32. The molecule has 1 aliphatic rings. The van der Waals surface area contributed by atoms with Crippen molar-refractivity contribution in [2.24, 2.45) is 0 Å². The molecule has 1 aromatic heterocycles. The maximum atomic E-state index is 12.9. The van der Waals surface area contributed by atoms with Gasteiger partial charge in [0.05, 0.1) is 28.7 Å². The Kier molecular flexibility index (Phi) is 4.55. The van der Waals surface area contributed by atoms with Crippen LogP contribution in [0.4, 0.5) is 0 Å². The molecule has 2 aromatic rings. The Balaban J connectivity index is 2.02. The van der Waals surface area contributed by atoms with Gasteiger partial charge in [-0.1, -0.05) is 24.6 Å². The molecule has 2 N–H and O–H groups in total. The van der Waals surface area contributed by atoms with E-state index in [-0.39, 0.29) is 5.43 Å². The first-order chi connectivity index (χ1) is 10.6. The number of H-pyrrole nitrogens is 1. The van der Waals surface area contributed by atoms with E-state index in [0.29, 0.717) is 16.5 Å². The minimum atomic E-state index is 0.140. The van der Waals surface area contributed by atoms with E-state index < -0.39 is 0 Å². The molecule has 2 atom stereocenters. The van der Waals surface area contributed by atoms with Gasteiger partial charge in [-0.05, 0) is 44.7 Å². The molecule has 1 fully saturated rings. The summed E-state index contributed by atoms with van der Waals surface area (Å²) in [5.41, 5.74) is 2.78. The van der Waals surface area contributed by atoms with Crippen molar-refractivity contribution in [2.45, 2.75) is 52.1 Å². The van der Waals surface area contributed by atoms with Crippen molar-refractivity contribution in [3.63, 3.8) is 0 Å². The lowest BCUT2D eigenvalue weighted by atomic mass is 9.98. The number of piperidine rings is 1. The smallest absolute Gasteiger partial charge is 0.198 e. The number of quaternary nitrogens is 1. The molecule has 3 rings (SSSR count). The number of aromatic nitrogens is 1. The minimum Gasteiger partial charge on any atom is -0.357 e. The lowest BCUT2D eigenvalue weighted by Gasteiger charge is -2.32. The van der Waals surface area contributed by atoms with E-state index in [4.69, 9.17) is 11.6 Å². The zero-order valence-electron chi connectivity index (χ0n) is 13.3. The van der Waals surface area contributed by atoms with Crippen LogP contribution in [0.1, 0.15) is 43.9 Å². The Bertz CT molecular complexity index is 738. The Morgan fingerprint density at radius 3 is 2.95 bits per heavy atom. The number of benzene rings is 1. The van der Waals surface area contributed by atoms with Gasteiger partial charge in [0.1, 0.15) is 6.54 Å². The van der Waals surface area contributed by atoms with Crippen LogP contribution < -0.4 is 10.3 Å². The number of pyridine rings is 1. The topological polar surface area (TPSA) is 37.3 Å². The fourth-order valence-corrected chi connectivity index (χ4v) is 3.97. The van der Waals surface area contributed by atoms with Crippen LogP contribution in [-0.4, -0.2) is 17.6 Å². The largest absolute Gasteiger partial charge is 0.357 e. The second kappa shape index (κ2) is 6.43. The number of hydrogen-bond donors (Lipinski definition) is 2. The van der Waals surface area contributed by atoms with E-state index in [9.17, 15) is 4.79 Å². The zero-order chi connectivity index (χ0) is 15.7. The first-order valence-corrected chi connectivity index (χ1v) is 8.64. The molecule has 0 radical (unpaired) electrons. The molecule has 0 saturated carbocycles. The molecule has 0 spiro atoms. The van der Waals surface area contributed by atoms with Gasteiger partial charge < -0.3 is 9.88 Å². The van der Waals surface area contributed by atoms with Gasteiger partial charge in [-0.3, -0.25) is 4.79 Å². The molecule has 2 unspecified atom stereocenters. The molecule has 22 heavy (non-hydrogen) atoms. The SMILES string of the molecule is CCC1CCCC[NH+]1Cc1c(C)[nH]c2c(Cl)cccc2c1=O. The van der Waals surface area contributed by atoms with Gasteiger partial charge >= 0.3 is 0 Å². The number of aryl methyl sites for hydroxylation is 1. The fraction of sp³-hybridized carbons (Fsp3) is 0.500. The first-order valence-electron chi connectivity index (χ1n) is 8.26. The lowest BCUT2D eigenvalue weighted by Crippen LogP contribution is -3.15. The molecule has 4 heteroatoms. The van der Waals surface area contributed by atoms with Gasteiger partial charge in [0.25, 0.3) is 0 Å². The number of para-hydroxylation sites is 1. The van der Waals surface area contributed by atoms with Gasteiger partial charge in [0.15, 0.2) is 5.43 Å². The predicted molar refractivity (Wildman–Crippen MR) is 91.8 cm³/mol. The Hall–Kier alpha value is -1.32. The molecular weight excluding hydrogens is 296 g/mol. The van der Waals surface area contributed by atoms with E-state index in [1.807, 2.05) is 25.1 Å². The summed E-state index contributed by atoms with van der Waals surface area (Å²) in [6, 6.07) is 6.22. The highest BCUT2D eigenvalue weighted by Gasteiger charge is 2.26. The van der Waals surface area contributed by atoms with Crippen LogP contribution in [0.3, 0.4) is 0 Å². The van der Waals surface area contributed by atoms with Crippen LogP contribution in [-0.2, 0) is 6.54 Å². The highest BCUT2D eigenvalue weighted by Crippen LogP contribution is 2.20. The predicted octanol–water partition coefficient (Wildman–Crippen LogP) is 2.84. The maximum absolute atomic E-state index is 12.9. The second-order valence-electron chi connectivity index (χ2n) is 6.41. The fourth-order valence-electron chi connectivity index (χ4n) is 3.75.